The molecule has 0 radical (unpaired) electrons. The van der Waals surface area contributed by atoms with E-state index in [0.29, 0.717) is 23.7 Å². The van der Waals surface area contributed by atoms with Gasteiger partial charge in [-0.05, 0) is 48.3 Å². The highest BCUT2D eigenvalue weighted by Gasteiger charge is 2.28. The number of amides is 1. The van der Waals surface area contributed by atoms with Crippen LogP contribution in [-0.4, -0.2) is 56.7 Å². The molecule has 152 valence electrons. The largest absolute Gasteiger partial charge is 0.338 e. The lowest BCUT2D eigenvalue weighted by atomic mass is 10.2. The molecule has 0 spiro atoms. The number of hydrogen-bond acceptors (Lipinski definition) is 5. The Labute approximate surface area is 183 Å². The second-order valence-corrected chi connectivity index (χ2v) is 8.88. The van der Waals surface area contributed by atoms with E-state index in [1.54, 1.807) is 11.3 Å². The van der Waals surface area contributed by atoms with E-state index < -0.39 is 6.04 Å². The van der Waals surface area contributed by atoms with E-state index >= 15 is 0 Å². The average molecular weight is 448 g/mol. The highest BCUT2D eigenvalue weighted by molar-refractivity contribution is 7.71. The Hall–Kier alpha value is -2.00. The molecule has 3 heterocycles. The van der Waals surface area contributed by atoms with Crippen molar-refractivity contribution in [2.75, 3.05) is 26.2 Å². The van der Waals surface area contributed by atoms with Crippen molar-refractivity contribution in [2.24, 2.45) is 0 Å². The molecule has 4 rings (SSSR count). The molecule has 1 atom stereocenters. The number of aromatic amines is 1. The number of carbonyl (C=O) groups is 1. The summed E-state index contributed by atoms with van der Waals surface area (Å²) in [6, 6.07) is 11.5. The van der Waals surface area contributed by atoms with Gasteiger partial charge in [-0.25, -0.2) is 0 Å². The van der Waals surface area contributed by atoms with Gasteiger partial charge in [-0.1, -0.05) is 29.8 Å². The van der Waals surface area contributed by atoms with Crippen molar-refractivity contribution in [3.05, 3.63) is 57.1 Å². The van der Waals surface area contributed by atoms with Crippen molar-refractivity contribution in [3.63, 3.8) is 0 Å². The zero-order valence-electron chi connectivity index (χ0n) is 16.0. The van der Waals surface area contributed by atoms with E-state index in [0.717, 1.165) is 29.5 Å². The van der Waals surface area contributed by atoms with E-state index in [1.807, 2.05) is 52.1 Å². The summed E-state index contributed by atoms with van der Waals surface area (Å²) in [4.78, 5) is 18.4. The van der Waals surface area contributed by atoms with Gasteiger partial charge in [0.2, 0.25) is 5.91 Å². The minimum atomic E-state index is -0.405. The third-order valence-corrected chi connectivity index (χ3v) is 6.56. The number of H-pyrrole nitrogens is 1. The molecule has 0 bridgehead atoms. The standard InChI is InChI=1S/C20H22ClN5OS2/c1-14(26-18(22-23-20(26)28)17-6-3-11-29-17)19(27)25-9-7-24(8-10-25)13-15-4-2-5-16(21)12-15/h2-6,11-12,14H,7-10,13H2,1H3,(H,23,28). The quantitative estimate of drug-likeness (QED) is 0.595. The molecule has 29 heavy (non-hydrogen) atoms. The molecular formula is C20H22ClN5OS2. The maximum Gasteiger partial charge on any atom is 0.245 e. The Morgan fingerprint density at radius 2 is 2.07 bits per heavy atom. The van der Waals surface area contributed by atoms with Gasteiger partial charge in [0, 0.05) is 37.7 Å². The maximum atomic E-state index is 13.2. The number of nitrogens with zero attached hydrogens (tertiary/aromatic N) is 4. The Morgan fingerprint density at radius 3 is 2.76 bits per heavy atom. The van der Waals surface area contributed by atoms with Crippen LogP contribution in [0.4, 0.5) is 0 Å². The zero-order chi connectivity index (χ0) is 20.4. The molecule has 1 amide bonds. The summed E-state index contributed by atoms with van der Waals surface area (Å²) in [6.07, 6.45) is 0. The highest BCUT2D eigenvalue weighted by atomic mass is 35.5. The first-order valence-corrected chi connectivity index (χ1v) is 11.2. The summed E-state index contributed by atoms with van der Waals surface area (Å²) >= 11 is 13.1. The van der Waals surface area contributed by atoms with Gasteiger partial charge in [-0.2, -0.15) is 5.10 Å². The summed E-state index contributed by atoms with van der Waals surface area (Å²) in [5.41, 5.74) is 1.19. The van der Waals surface area contributed by atoms with Crippen LogP contribution in [-0.2, 0) is 11.3 Å². The van der Waals surface area contributed by atoms with Crippen molar-refractivity contribution in [3.8, 4) is 10.7 Å². The lowest BCUT2D eigenvalue weighted by Gasteiger charge is -2.36. The van der Waals surface area contributed by atoms with Gasteiger partial charge in [-0.15, -0.1) is 11.3 Å². The predicted molar refractivity (Wildman–Crippen MR) is 119 cm³/mol. The number of rotatable bonds is 5. The fraction of sp³-hybridized carbons (Fsp3) is 0.350. The highest BCUT2D eigenvalue weighted by Crippen LogP contribution is 2.26. The molecule has 3 aromatic rings. The summed E-state index contributed by atoms with van der Waals surface area (Å²) < 4.78 is 2.29. The van der Waals surface area contributed by atoms with E-state index in [2.05, 4.69) is 21.2 Å². The molecule has 1 unspecified atom stereocenters. The van der Waals surface area contributed by atoms with Crippen LogP contribution in [0.25, 0.3) is 10.7 Å². The molecular weight excluding hydrogens is 426 g/mol. The van der Waals surface area contributed by atoms with Crippen molar-refractivity contribution < 1.29 is 4.79 Å². The smallest absolute Gasteiger partial charge is 0.245 e. The Morgan fingerprint density at radius 1 is 1.28 bits per heavy atom. The van der Waals surface area contributed by atoms with E-state index in [1.165, 1.54) is 5.56 Å². The van der Waals surface area contributed by atoms with Crippen LogP contribution in [0.5, 0.6) is 0 Å². The van der Waals surface area contributed by atoms with Crippen LogP contribution in [0.3, 0.4) is 0 Å². The van der Waals surface area contributed by atoms with Gasteiger partial charge < -0.3 is 4.90 Å². The second-order valence-electron chi connectivity index (χ2n) is 7.11. The molecule has 1 aliphatic rings. The van der Waals surface area contributed by atoms with Crippen molar-refractivity contribution in [1.82, 2.24) is 24.6 Å². The molecule has 1 N–H and O–H groups in total. The minimum Gasteiger partial charge on any atom is -0.338 e. The van der Waals surface area contributed by atoms with Crippen LogP contribution in [0.15, 0.2) is 41.8 Å². The fourth-order valence-electron chi connectivity index (χ4n) is 3.64. The average Bonchev–Trinajstić information content (AvgIpc) is 3.37. The number of halogens is 1. The molecule has 0 aliphatic carbocycles. The monoisotopic (exact) mass is 447 g/mol. The molecule has 1 aliphatic heterocycles. The van der Waals surface area contributed by atoms with Crippen molar-refractivity contribution in [2.45, 2.75) is 19.5 Å². The van der Waals surface area contributed by atoms with Crippen molar-refractivity contribution >= 4 is 41.1 Å². The van der Waals surface area contributed by atoms with Crippen LogP contribution < -0.4 is 0 Å². The lowest BCUT2D eigenvalue weighted by Crippen LogP contribution is -2.50. The van der Waals surface area contributed by atoms with Gasteiger partial charge in [-0.3, -0.25) is 19.4 Å². The first-order valence-electron chi connectivity index (χ1n) is 9.49. The number of hydrogen-bond donors (Lipinski definition) is 1. The van der Waals surface area contributed by atoms with Crippen molar-refractivity contribution in [1.29, 1.82) is 0 Å². The van der Waals surface area contributed by atoms with Gasteiger partial charge >= 0.3 is 0 Å². The second kappa shape index (κ2) is 8.79. The number of aromatic nitrogens is 3. The number of carbonyl (C=O) groups excluding carboxylic acids is 1. The molecule has 9 heteroatoms. The van der Waals surface area contributed by atoms with Gasteiger partial charge in [0.25, 0.3) is 0 Å². The zero-order valence-corrected chi connectivity index (χ0v) is 18.4. The van der Waals surface area contributed by atoms with Crippen LogP contribution in [0.2, 0.25) is 5.02 Å². The first-order chi connectivity index (χ1) is 14.0. The van der Waals surface area contributed by atoms with Crippen LogP contribution >= 0.6 is 35.2 Å². The SMILES string of the molecule is CC(C(=O)N1CCN(Cc2cccc(Cl)c2)CC1)n1c(-c2cccs2)n[nH]c1=S. The van der Waals surface area contributed by atoms with Gasteiger partial charge in [0.15, 0.2) is 10.6 Å². The van der Waals surface area contributed by atoms with E-state index in [-0.39, 0.29) is 5.91 Å². The number of nitrogens with one attached hydrogen (secondary N) is 1. The van der Waals surface area contributed by atoms with Crippen LogP contribution in [0.1, 0.15) is 18.5 Å². The Bertz CT molecular complexity index is 1040. The summed E-state index contributed by atoms with van der Waals surface area (Å²) in [6.45, 7) is 5.79. The fourth-order valence-corrected chi connectivity index (χ4v) is 4.85. The number of thiophene rings is 1. The third-order valence-electron chi connectivity index (χ3n) is 5.17. The summed E-state index contributed by atoms with van der Waals surface area (Å²) in [5, 5.41) is 9.92. The molecule has 6 nitrogen and oxygen atoms in total. The first kappa shape index (κ1) is 20.3. The van der Waals surface area contributed by atoms with E-state index in [4.69, 9.17) is 23.8 Å². The predicted octanol–water partition coefficient (Wildman–Crippen LogP) is 4.23. The lowest BCUT2D eigenvalue weighted by molar-refractivity contribution is -0.136. The topological polar surface area (TPSA) is 57.2 Å². The summed E-state index contributed by atoms with van der Waals surface area (Å²) in [7, 11) is 0. The number of benzene rings is 1. The molecule has 1 saturated heterocycles. The molecule has 0 saturated carbocycles. The summed E-state index contributed by atoms with van der Waals surface area (Å²) in [5.74, 6) is 0.785. The Kier molecular flexibility index (Phi) is 6.15. The normalized spacial score (nSPS) is 16.1. The van der Waals surface area contributed by atoms with Gasteiger partial charge in [0.05, 0.1) is 4.88 Å². The van der Waals surface area contributed by atoms with Gasteiger partial charge in [0.1, 0.15) is 6.04 Å². The molecule has 2 aromatic heterocycles. The Balaban J connectivity index is 1.41. The minimum absolute atomic E-state index is 0.0720. The van der Waals surface area contributed by atoms with Crippen LogP contribution in [0, 0.1) is 4.77 Å². The third kappa shape index (κ3) is 4.45. The maximum absolute atomic E-state index is 13.2. The van der Waals surface area contributed by atoms with E-state index in [9.17, 15) is 4.79 Å². The molecule has 1 aromatic carbocycles. The number of piperazine rings is 1. The molecule has 1 fully saturated rings.